The summed E-state index contributed by atoms with van der Waals surface area (Å²) in [5.41, 5.74) is 9.19. The number of nitrogens with zero attached hydrogens (tertiary/aromatic N) is 21. The lowest BCUT2D eigenvalue weighted by Gasteiger charge is -2.08. The van der Waals surface area contributed by atoms with Crippen LogP contribution in [0.1, 0.15) is 529 Å². The van der Waals surface area contributed by atoms with Crippen LogP contribution in [-0.4, -0.2) is 105 Å². The van der Waals surface area contributed by atoms with Crippen molar-refractivity contribution in [3.05, 3.63) is 83.2 Å². The van der Waals surface area contributed by atoms with Gasteiger partial charge in [0.1, 0.15) is 0 Å². The Hall–Kier alpha value is -6.02. The van der Waals surface area contributed by atoms with Crippen LogP contribution < -0.4 is 0 Å². The smallest absolute Gasteiger partial charge is 0.0725 e. The summed E-state index contributed by atoms with van der Waals surface area (Å²) >= 11 is 0. The summed E-state index contributed by atoms with van der Waals surface area (Å²) in [6.45, 7) is 71.1. The van der Waals surface area contributed by atoms with Gasteiger partial charge in [-0.3, -0.25) is 0 Å². The van der Waals surface area contributed by atoms with Gasteiger partial charge in [-0.25, -0.2) is 32.8 Å². The standard InChI is InChI=1S/6C17H33N3.C14H27N3/c2*1-15(2)10-6-5-7-12-17-14-18-19-20(17)13-9-8-11-16(3)4;2*1-15(2)10-7-5-6-8-12-17-14-18-19-20(17)13-9-11-16(3)4;2*1-15(2)10-8-6-5-7-9-11-17-14-18-19-20(17)13-12-16(3)4;1-12(2)8-6-5-7-9-14-10-15-16-17(14)11-13(3)4/h6*14-16H,5-13H2,1-4H3;10,12-13H,5-9,11H2,1-4H3. The topological polar surface area (TPSA) is 215 Å². The third-order valence-corrected chi connectivity index (χ3v) is 25.9. The summed E-state index contributed by atoms with van der Waals surface area (Å²) in [5.74, 6) is 11.2. The molecule has 0 aliphatic rings. The van der Waals surface area contributed by atoms with E-state index >= 15 is 0 Å². The van der Waals surface area contributed by atoms with Crippen molar-refractivity contribution >= 4 is 0 Å². The van der Waals surface area contributed by atoms with Crippen molar-refractivity contribution in [2.75, 3.05) is 0 Å². The van der Waals surface area contributed by atoms with E-state index in [1.807, 2.05) is 43.4 Å². The predicted molar refractivity (Wildman–Crippen MR) is 586 cm³/mol. The molecule has 0 aromatic carbocycles. The second-order valence-electron chi connectivity index (χ2n) is 46.8. The van der Waals surface area contributed by atoms with Crippen LogP contribution in [0, 0.1) is 82.9 Å². The Morgan fingerprint density at radius 3 is 0.467 bits per heavy atom. The molecule has 0 aliphatic carbocycles. The Balaban J connectivity index is 0.000000800. The zero-order chi connectivity index (χ0) is 101. The minimum Gasteiger partial charge on any atom is -0.249 e. The largest absolute Gasteiger partial charge is 0.249 e. The van der Waals surface area contributed by atoms with Gasteiger partial charge in [0.2, 0.25) is 0 Å². The summed E-state index contributed by atoms with van der Waals surface area (Å²) in [4.78, 5) is 0. The highest BCUT2D eigenvalue weighted by Crippen LogP contribution is 2.22. The molecule has 0 aliphatic heterocycles. The Bertz CT molecular complexity index is 3470. The van der Waals surface area contributed by atoms with Crippen LogP contribution >= 0.6 is 0 Å². The van der Waals surface area contributed by atoms with E-state index in [2.05, 4.69) is 299 Å². The quantitative estimate of drug-likeness (QED) is 0.0324. The minimum atomic E-state index is 0.636. The third kappa shape index (κ3) is 77.3. The predicted octanol–water partition coefficient (Wildman–Crippen LogP) is 32.9. The molecule has 137 heavy (non-hydrogen) atoms. The molecule has 0 N–H and O–H groups in total. The summed E-state index contributed by atoms with van der Waals surface area (Å²) in [6, 6.07) is 0. The van der Waals surface area contributed by atoms with Gasteiger partial charge in [0.05, 0.1) is 83.2 Å². The van der Waals surface area contributed by atoms with E-state index in [-0.39, 0.29) is 0 Å². The molecule has 21 heteroatoms. The van der Waals surface area contributed by atoms with Crippen LogP contribution in [0.25, 0.3) is 0 Å². The van der Waals surface area contributed by atoms with Gasteiger partial charge in [-0.15, -0.1) is 35.7 Å². The summed E-state index contributed by atoms with van der Waals surface area (Å²) in [6.07, 6.45) is 82.2. The van der Waals surface area contributed by atoms with Crippen molar-refractivity contribution in [3.8, 4) is 0 Å². The molecular formula is C116H225N21. The van der Waals surface area contributed by atoms with Gasteiger partial charge in [-0.2, -0.15) is 0 Å². The van der Waals surface area contributed by atoms with Crippen LogP contribution in [-0.2, 0) is 90.8 Å². The lowest BCUT2D eigenvalue weighted by molar-refractivity contribution is 0.453. The van der Waals surface area contributed by atoms with Crippen molar-refractivity contribution in [1.82, 2.24) is 105 Å². The van der Waals surface area contributed by atoms with Crippen molar-refractivity contribution in [3.63, 3.8) is 0 Å². The number of hydrogen-bond acceptors (Lipinski definition) is 14. The highest BCUT2D eigenvalue weighted by Gasteiger charge is 2.14. The maximum absolute atomic E-state index is 4.23. The molecule has 0 saturated carbocycles. The van der Waals surface area contributed by atoms with E-state index in [0.29, 0.717) is 5.92 Å². The fourth-order valence-electron chi connectivity index (χ4n) is 16.9. The maximum atomic E-state index is 4.23. The van der Waals surface area contributed by atoms with E-state index < -0.39 is 0 Å². The molecule has 0 amide bonds. The zero-order valence-electron chi connectivity index (χ0n) is 95.4. The number of unbranched alkanes of at least 4 members (excludes halogenated alkanes) is 22. The molecule has 7 rings (SSSR count). The lowest BCUT2D eigenvalue weighted by Crippen LogP contribution is -2.09. The van der Waals surface area contributed by atoms with Gasteiger partial charge in [0.15, 0.2) is 0 Å². The minimum absolute atomic E-state index is 0.636. The number of aromatic nitrogens is 21. The first-order valence-corrected chi connectivity index (χ1v) is 57.8. The maximum Gasteiger partial charge on any atom is 0.0725 e. The van der Waals surface area contributed by atoms with Gasteiger partial charge in [-0.05, 0) is 224 Å². The van der Waals surface area contributed by atoms with Gasteiger partial charge in [-0.1, -0.05) is 429 Å². The molecule has 0 atom stereocenters. The highest BCUT2D eigenvalue weighted by molar-refractivity contribution is 4.99. The number of rotatable bonds is 74. The second-order valence-corrected chi connectivity index (χ2v) is 46.8. The van der Waals surface area contributed by atoms with Gasteiger partial charge >= 0.3 is 0 Å². The normalized spacial score (nSPS) is 11.7. The first-order chi connectivity index (χ1) is 65.6. The van der Waals surface area contributed by atoms with E-state index in [1.54, 1.807) is 0 Å². The molecule has 794 valence electrons. The molecule has 0 unspecified atom stereocenters. The fraction of sp³-hybridized carbons (Fsp3) is 0.879. The van der Waals surface area contributed by atoms with Crippen LogP contribution in [0.15, 0.2) is 43.4 Å². The van der Waals surface area contributed by atoms with E-state index in [9.17, 15) is 0 Å². The second kappa shape index (κ2) is 85.6. The molecule has 0 saturated heterocycles. The third-order valence-electron chi connectivity index (χ3n) is 25.9. The van der Waals surface area contributed by atoms with Crippen molar-refractivity contribution < 1.29 is 0 Å². The van der Waals surface area contributed by atoms with Gasteiger partial charge in [0.25, 0.3) is 0 Å². The van der Waals surface area contributed by atoms with E-state index in [1.165, 1.54) is 335 Å². The Kier molecular flexibility index (Phi) is 80.5. The Morgan fingerprint density at radius 2 is 0.277 bits per heavy atom. The summed E-state index contributed by atoms with van der Waals surface area (Å²) in [5, 5.41) is 57.9. The van der Waals surface area contributed by atoms with Crippen LogP contribution in [0.3, 0.4) is 0 Å². The van der Waals surface area contributed by atoms with Crippen molar-refractivity contribution in [2.24, 2.45) is 82.9 Å². The van der Waals surface area contributed by atoms with Crippen LogP contribution in [0.5, 0.6) is 0 Å². The molecule has 7 aromatic heterocycles. The summed E-state index contributed by atoms with van der Waals surface area (Å²) < 4.78 is 14.7. The molecule has 7 aromatic rings. The first kappa shape index (κ1) is 129. The average molecular weight is 1910 g/mol. The SMILES string of the molecule is CC(C)CCCCCCCc1cnnn1CCC(C)C.CC(C)CCCCCCCc1cnnn1CCC(C)C.CC(C)CCCCCCc1cnnn1CCCC(C)C.CC(C)CCCCCCc1cnnn1CCCC(C)C.CC(C)CCCCCc1cnnn1CC(C)C.CC(C)CCCCCc1cnnn1CCCCC(C)C.CC(C)CCCCCc1cnnn1CCCCC(C)C. The number of hydrogen-bond donors (Lipinski definition) is 0. The molecule has 0 bridgehead atoms. The molecule has 0 spiro atoms. The fourth-order valence-corrected chi connectivity index (χ4v) is 16.9. The Labute approximate surface area is 846 Å². The van der Waals surface area contributed by atoms with Gasteiger partial charge in [0, 0.05) is 45.8 Å². The van der Waals surface area contributed by atoms with Crippen LogP contribution in [0.2, 0.25) is 0 Å². The zero-order valence-corrected chi connectivity index (χ0v) is 95.4. The van der Waals surface area contributed by atoms with E-state index in [4.69, 9.17) is 0 Å². The average Bonchev–Trinajstić information content (AvgIpc) is 2.00. The van der Waals surface area contributed by atoms with Crippen LogP contribution in [0.4, 0.5) is 0 Å². The number of aryl methyl sites for hydroxylation is 13. The van der Waals surface area contributed by atoms with Crippen molar-refractivity contribution in [1.29, 1.82) is 0 Å². The molecule has 7 heterocycles. The highest BCUT2D eigenvalue weighted by atomic mass is 15.5. The lowest BCUT2D eigenvalue weighted by atomic mass is 10.0. The monoisotopic (exact) mass is 1910 g/mol. The molecule has 0 radical (unpaired) electrons. The first-order valence-electron chi connectivity index (χ1n) is 57.8. The van der Waals surface area contributed by atoms with E-state index in [0.717, 1.165) is 168 Å². The summed E-state index contributed by atoms with van der Waals surface area (Å²) in [7, 11) is 0. The molecule has 0 fully saturated rings. The molecular weight excluding hydrogens is 1690 g/mol. The molecule has 21 nitrogen and oxygen atoms in total. The Morgan fingerprint density at radius 1 is 0.139 bits per heavy atom. The van der Waals surface area contributed by atoms with Crippen molar-refractivity contribution in [2.45, 2.75) is 580 Å². The van der Waals surface area contributed by atoms with Gasteiger partial charge < -0.3 is 0 Å².